The fourth-order valence-corrected chi connectivity index (χ4v) is 3.26. The van der Waals surface area contributed by atoms with Crippen molar-refractivity contribution < 1.29 is 19.1 Å². The van der Waals surface area contributed by atoms with E-state index in [0.717, 1.165) is 0 Å². The summed E-state index contributed by atoms with van der Waals surface area (Å²) in [6.45, 7) is 1.52. The summed E-state index contributed by atoms with van der Waals surface area (Å²) in [6.07, 6.45) is 0. The molecular weight excluding hydrogens is 422 g/mol. The van der Waals surface area contributed by atoms with Gasteiger partial charge in [0.1, 0.15) is 5.75 Å². The Kier molecular flexibility index (Phi) is 6.45. The van der Waals surface area contributed by atoms with E-state index in [1.165, 1.54) is 4.68 Å². The third-order valence-corrected chi connectivity index (χ3v) is 4.83. The molecule has 0 atom stereocenters. The predicted octanol–water partition coefficient (Wildman–Crippen LogP) is 4.00. The second-order valence-corrected chi connectivity index (χ2v) is 7.05. The zero-order valence-corrected chi connectivity index (χ0v) is 17.9. The predicted molar refractivity (Wildman–Crippen MR) is 124 cm³/mol. The van der Waals surface area contributed by atoms with Crippen molar-refractivity contribution in [3.8, 4) is 11.5 Å². The lowest BCUT2D eigenvalue weighted by Crippen LogP contribution is -2.27. The summed E-state index contributed by atoms with van der Waals surface area (Å²) < 4.78 is 12.2. The number of para-hydroxylation sites is 3. The van der Waals surface area contributed by atoms with Gasteiger partial charge in [0.15, 0.2) is 18.1 Å². The zero-order chi connectivity index (χ0) is 23.2. The highest BCUT2D eigenvalue weighted by Gasteiger charge is 2.19. The average molecular weight is 443 g/mol. The SMILES string of the molecule is CCn1nc(C(=O)OCC(=O)Nc2ccccc2Oc2ccccc2)c2ccccc2c1=O. The molecular formula is C25H21N3O5. The van der Waals surface area contributed by atoms with Crippen molar-refractivity contribution >= 4 is 28.3 Å². The molecule has 0 bridgehead atoms. The van der Waals surface area contributed by atoms with Gasteiger partial charge in [0.05, 0.1) is 11.1 Å². The van der Waals surface area contributed by atoms with E-state index in [9.17, 15) is 14.4 Å². The summed E-state index contributed by atoms with van der Waals surface area (Å²) in [5.41, 5.74) is 0.121. The van der Waals surface area contributed by atoms with Crippen molar-refractivity contribution in [2.24, 2.45) is 0 Å². The molecule has 1 amide bonds. The van der Waals surface area contributed by atoms with Crippen molar-refractivity contribution in [2.75, 3.05) is 11.9 Å². The van der Waals surface area contributed by atoms with Gasteiger partial charge in [0.2, 0.25) is 0 Å². The van der Waals surface area contributed by atoms with Crippen LogP contribution >= 0.6 is 0 Å². The molecule has 4 aromatic rings. The molecule has 0 spiro atoms. The third kappa shape index (κ3) is 4.90. The highest BCUT2D eigenvalue weighted by atomic mass is 16.5. The quantitative estimate of drug-likeness (QED) is 0.434. The molecule has 1 heterocycles. The first kappa shape index (κ1) is 21.8. The van der Waals surface area contributed by atoms with E-state index >= 15 is 0 Å². The molecule has 33 heavy (non-hydrogen) atoms. The number of anilines is 1. The van der Waals surface area contributed by atoms with Gasteiger partial charge < -0.3 is 14.8 Å². The van der Waals surface area contributed by atoms with Gasteiger partial charge in [-0.1, -0.05) is 48.5 Å². The highest BCUT2D eigenvalue weighted by molar-refractivity contribution is 6.03. The summed E-state index contributed by atoms with van der Waals surface area (Å²) >= 11 is 0. The number of nitrogens with zero attached hydrogens (tertiary/aromatic N) is 2. The Morgan fingerprint density at radius 2 is 1.58 bits per heavy atom. The molecule has 4 rings (SSSR count). The van der Waals surface area contributed by atoms with Crippen LogP contribution in [0.3, 0.4) is 0 Å². The number of ether oxygens (including phenoxy) is 2. The third-order valence-electron chi connectivity index (χ3n) is 4.83. The van der Waals surface area contributed by atoms with E-state index in [0.29, 0.717) is 34.5 Å². The van der Waals surface area contributed by atoms with E-state index in [1.54, 1.807) is 67.6 Å². The van der Waals surface area contributed by atoms with Crippen LogP contribution in [-0.2, 0) is 16.1 Å². The molecule has 0 saturated carbocycles. The van der Waals surface area contributed by atoms with Crippen LogP contribution in [0.25, 0.3) is 10.8 Å². The van der Waals surface area contributed by atoms with Gasteiger partial charge >= 0.3 is 5.97 Å². The Morgan fingerprint density at radius 3 is 2.33 bits per heavy atom. The lowest BCUT2D eigenvalue weighted by molar-refractivity contribution is -0.119. The standard InChI is InChI=1S/C25H21N3O5/c1-2-28-24(30)19-13-7-6-12-18(19)23(27-28)25(31)32-16-22(29)26-20-14-8-9-15-21(20)33-17-10-4-3-5-11-17/h3-15H,2,16H2,1H3,(H,26,29). The number of carbonyl (C=O) groups excluding carboxylic acids is 2. The van der Waals surface area contributed by atoms with Crippen molar-refractivity contribution in [1.82, 2.24) is 9.78 Å². The summed E-state index contributed by atoms with van der Waals surface area (Å²) in [4.78, 5) is 37.6. The number of nitrogens with one attached hydrogen (secondary N) is 1. The maximum Gasteiger partial charge on any atom is 0.359 e. The van der Waals surface area contributed by atoms with Crippen molar-refractivity contribution in [1.29, 1.82) is 0 Å². The number of hydrogen-bond donors (Lipinski definition) is 1. The smallest absolute Gasteiger partial charge is 0.359 e. The van der Waals surface area contributed by atoms with Crippen LogP contribution in [0.4, 0.5) is 5.69 Å². The van der Waals surface area contributed by atoms with Crippen LogP contribution in [0.2, 0.25) is 0 Å². The minimum atomic E-state index is -0.794. The van der Waals surface area contributed by atoms with E-state index in [-0.39, 0.29) is 11.3 Å². The topological polar surface area (TPSA) is 99.5 Å². The summed E-state index contributed by atoms with van der Waals surface area (Å²) in [6, 6.07) is 22.8. The Morgan fingerprint density at radius 1 is 0.909 bits per heavy atom. The molecule has 1 aromatic heterocycles. The van der Waals surface area contributed by atoms with E-state index < -0.39 is 18.5 Å². The normalized spacial score (nSPS) is 10.6. The highest BCUT2D eigenvalue weighted by Crippen LogP contribution is 2.29. The van der Waals surface area contributed by atoms with Gasteiger partial charge in [-0.05, 0) is 37.3 Å². The Bertz CT molecular complexity index is 1370. The van der Waals surface area contributed by atoms with Crippen LogP contribution in [0.15, 0.2) is 83.7 Å². The van der Waals surface area contributed by atoms with E-state index in [4.69, 9.17) is 9.47 Å². The van der Waals surface area contributed by atoms with Crippen LogP contribution in [0.5, 0.6) is 11.5 Å². The second-order valence-electron chi connectivity index (χ2n) is 7.05. The number of aromatic nitrogens is 2. The molecule has 1 N–H and O–H groups in total. The molecule has 0 radical (unpaired) electrons. The number of benzene rings is 3. The fourth-order valence-electron chi connectivity index (χ4n) is 3.26. The first-order valence-corrected chi connectivity index (χ1v) is 10.4. The Labute approximate surface area is 189 Å². The second kappa shape index (κ2) is 9.78. The van der Waals surface area contributed by atoms with Crippen molar-refractivity contribution in [3.63, 3.8) is 0 Å². The van der Waals surface area contributed by atoms with Crippen LogP contribution in [-0.4, -0.2) is 28.3 Å². The minimum Gasteiger partial charge on any atom is -0.455 e. The molecule has 0 unspecified atom stereocenters. The maximum atomic E-state index is 12.7. The Balaban J connectivity index is 1.47. The molecule has 8 nitrogen and oxygen atoms in total. The number of carbonyl (C=O) groups is 2. The van der Waals surface area contributed by atoms with Gasteiger partial charge in [0, 0.05) is 11.9 Å². The lowest BCUT2D eigenvalue weighted by atomic mass is 10.1. The number of esters is 1. The lowest BCUT2D eigenvalue weighted by Gasteiger charge is -2.13. The van der Waals surface area contributed by atoms with E-state index in [2.05, 4.69) is 10.4 Å². The largest absolute Gasteiger partial charge is 0.455 e. The molecule has 8 heteroatoms. The molecule has 0 saturated heterocycles. The van der Waals surface area contributed by atoms with Gasteiger partial charge in [-0.2, -0.15) is 5.10 Å². The zero-order valence-electron chi connectivity index (χ0n) is 17.9. The van der Waals surface area contributed by atoms with Crippen molar-refractivity contribution in [2.45, 2.75) is 13.5 Å². The molecule has 3 aromatic carbocycles. The molecule has 0 aliphatic heterocycles. The minimum absolute atomic E-state index is 0.0207. The Hall–Kier alpha value is -4.46. The molecule has 0 aliphatic rings. The fraction of sp³-hybridized carbons (Fsp3) is 0.120. The average Bonchev–Trinajstić information content (AvgIpc) is 2.85. The van der Waals surface area contributed by atoms with Gasteiger partial charge in [-0.25, -0.2) is 9.48 Å². The summed E-state index contributed by atoms with van der Waals surface area (Å²) in [5, 5.41) is 7.54. The molecule has 0 aliphatic carbocycles. The maximum absolute atomic E-state index is 12.7. The number of hydrogen-bond acceptors (Lipinski definition) is 6. The molecule has 0 fully saturated rings. The van der Waals surface area contributed by atoms with Gasteiger partial charge in [-0.15, -0.1) is 0 Å². The summed E-state index contributed by atoms with van der Waals surface area (Å²) in [5.74, 6) is -0.265. The van der Waals surface area contributed by atoms with Crippen LogP contribution in [0, 0.1) is 0 Å². The monoisotopic (exact) mass is 443 g/mol. The first-order chi connectivity index (χ1) is 16.1. The van der Waals surface area contributed by atoms with Crippen molar-refractivity contribution in [3.05, 3.63) is 94.9 Å². The number of rotatable bonds is 7. The van der Waals surface area contributed by atoms with E-state index in [1.807, 2.05) is 18.2 Å². The van der Waals surface area contributed by atoms with Crippen LogP contribution in [0.1, 0.15) is 17.4 Å². The van der Waals surface area contributed by atoms with Gasteiger partial charge in [-0.3, -0.25) is 9.59 Å². The van der Waals surface area contributed by atoms with Gasteiger partial charge in [0.25, 0.3) is 11.5 Å². The number of amides is 1. The number of aryl methyl sites for hydroxylation is 1. The molecule has 166 valence electrons. The first-order valence-electron chi connectivity index (χ1n) is 10.4. The number of fused-ring (bicyclic) bond motifs is 1. The van der Waals surface area contributed by atoms with Crippen LogP contribution < -0.4 is 15.6 Å². The summed E-state index contributed by atoms with van der Waals surface area (Å²) in [7, 11) is 0.